The molecule has 1 heterocycles. The third-order valence-corrected chi connectivity index (χ3v) is 6.14. The van der Waals surface area contributed by atoms with Gasteiger partial charge in [0.2, 0.25) is 0 Å². The third kappa shape index (κ3) is 2.22. The largest absolute Gasteiger partial charge is 0.308 e. The first-order chi connectivity index (χ1) is 8.57. The van der Waals surface area contributed by atoms with Crippen molar-refractivity contribution < 1.29 is 0 Å². The molecule has 18 heavy (non-hydrogen) atoms. The second-order valence-electron chi connectivity index (χ2n) is 7.53. The minimum atomic E-state index is 0.408. The number of nitrogens with one attached hydrogen (secondary N) is 1. The first kappa shape index (κ1) is 12.9. The van der Waals surface area contributed by atoms with Crippen LogP contribution in [0.1, 0.15) is 59.3 Å². The van der Waals surface area contributed by atoms with E-state index in [1.165, 1.54) is 58.2 Å². The van der Waals surface area contributed by atoms with Crippen molar-refractivity contribution in [3.8, 4) is 0 Å². The third-order valence-electron chi connectivity index (χ3n) is 6.14. The molecule has 0 bridgehead atoms. The van der Waals surface area contributed by atoms with Crippen LogP contribution in [0.15, 0.2) is 0 Å². The predicted octanol–water partition coefficient (Wildman–Crippen LogP) is 3.03. The summed E-state index contributed by atoms with van der Waals surface area (Å²) < 4.78 is 0. The van der Waals surface area contributed by atoms with E-state index in [0.29, 0.717) is 11.0 Å². The van der Waals surface area contributed by atoms with Gasteiger partial charge in [-0.05, 0) is 57.3 Å². The molecule has 0 amide bonds. The zero-order valence-corrected chi connectivity index (χ0v) is 12.5. The van der Waals surface area contributed by atoms with Crippen molar-refractivity contribution in [2.24, 2.45) is 11.3 Å². The monoisotopic (exact) mass is 250 g/mol. The van der Waals surface area contributed by atoms with E-state index in [1.807, 2.05) is 0 Å². The van der Waals surface area contributed by atoms with Gasteiger partial charge in [-0.2, -0.15) is 0 Å². The smallest absolute Gasteiger partial charge is 0.0309 e. The van der Waals surface area contributed by atoms with Crippen LogP contribution in [0.5, 0.6) is 0 Å². The van der Waals surface area contributed by atoms with Gasteiger partial charge in [-0.15, -0.1) is 0 Å². The molecule has 104 valence electrons. The zero-order valence-electron chi connectivity index (χ0n) is 12.5. The number of nitrogens with zero attached hydrogens (tertiary/aromatic N) is 1. The van der Waals surface area contributed by atoms with Crippen LogP contribution in [0.25, 0.3) is 0 Å². The molecule has 2 heteroatoms. The molecule has 3 rings (SSSR count). The van der Waals surface area contributed by atoms with Gasteiger partial charge in [-0.1, -0.05) is 13.3 Å². The molecule has 1 aliphatic heterocycles. The highest BCUT2D eigenvalue weighted by molar-refractivity contribution is 5.04. The van der Waals surface area contributed by atoms with Gasteiger partial charge in [0.1, 0.15) is 0 Å². The van der Waals surface area contributed by atoms with Gasteiger partial charge in [0.05, 0.1) is 0 Å². The summed E-state index contributed by atoms with van der Waals surface area (Å²) in [7, 11) is 0. The van der Waals surface area contributed by atoms with Crippen molar-refractivity contribution in [1.82, 2.24) is 10.2 Å². The minimum Gasteiger partial charge on any atom is -0.308 e. The standard InChI is InChI=1S/C16H30N2/c1-4-16(8-5-9-16)12-18-11-15(3,14-6-7-14)17-10-13(18)2/h13-14,17H,4-12H2,1-3H3. The SMILES string of the molecule is CCC1(CN2CC(C)(C3CC3)NCC2C)CCC1. The van der Waals surface area contributed by atoms with Crippen LogP contribution in [0, 0.1) is 11.3 Å². The van der Waals surface area contributed by atoms with Gasteiger partial charge >= 0.3 is 0 Å². The van der Waals surface area contributed by atoms with Crippen LogP contribution < -0.4 is 5.32 Å². The van der Waals surface area contributed by atoms with Crippen LogP contribution in [-0.2, 0) is 0 Å². The second-order valence-corrected chi connectivity index (χ2v) is 7.53. The molecule has 0 aromatic rings. The summed E-state index contributed by atoms with van der Waals surface area (Å²) in [6.45, 7) is 11.1. The molecule has 0 radical (unpaired) electrons. The summed E-state index contributed by atoms with van der Waals surface area (Å²) in [5, 5.41) is 3.84. The van der Waals surface area contributed by atoms with Crippen LogP contribution in [-0.4, -0.2) is 36.1 Å². The fourth-order valence-electron chi connectivity index (χ4n) is 4.08. The Morgan fingerprint density at radius 1 is 1.28 bits per heavy atom. The molecular formula is C16H30N2. The Morgan fingerprint density at radius 3 is 2.50 bits per heavy atom. The maximum absolute atomic E-state index is 3.84. The highest BCUT2D eigenvalue weighted by Gasteiger charge is 2.47. The predicted molar refractivity (Wildman–Crippen MR) is 76.7 cm³/mol. The average Bonchev–Trinajstić information content (AvgIpc) is 3.12. The minimum absolute atomic E-state index is 0.408. The molecule has 2 saturated carbocycles. The van der Waals surface area contributed by atoms with Gasteiger partial charge < -0.3 is 5.32 Å². The maximum atomic E-state index is 3.84. The van der Waals surface area contributed by atoms with Crippen molar-refractivity contribution in [3.63, 3.8) is 0 Å². The molecule has 0 spiro atoms. The highest BCUT2D eigenvalue weighted by atomic mass is 15.3. The summed E-state index contributed by atoms with van der Waals surface area (Å²) in [6.07, 6.45) is 8.69. The van der Waals surface area contributed by atoms with Crippen molar-refractivity contribution >= 4 is 0 Å². The average molecular weight is 250 g/mol. The van der Waals surface area contributed by atoms with Crippen LogP contribution in [0.2, 0.25) is 0 Å². The van der Waals surface area contributed by atoms with Gasteiger partial charge in [0.25, 0.3) is 0 Å². The lowest BCUT2D eigenvalue weighted by atomic mass is 9.66. The molecular weight excluding hydrogens is 220 g/mol. The van der Waals surface area contributed by atoms with E-state index < -0.39 is 0 Å². The van der Waals surface area contributed by atoms with Crippen LogP contribution >= 0.6 is 0 Å². The van der Waals surface area contributed by atoms with Gasteiger partial charge in [-0.3, -0.25) is 4.90 Å². The molecule has 0 aromatic carbocycles. The summed E-state index contributed by atoms with van der Waals surface area (Å²) >= 11 is 0. The molecule has 1 saturated heterocycles. The van der Waals surface area contributed by atoms with Gasteiger partial charge in [-0.25, -0.2) is 0 Å². The van der Waals surface area contributed by atoms with Gasteiger partial charge in [0.15, 0.2) is 0 Å². The number of piperazine rings is 1. The molecule has 3 fully saturated rings. The topological polar surface area (TPSA) is 15.3 Å². The summed E-state index contributed by atoms with van der Waals surface area (Å²) in [5.74, 6) is 0.950. The Balaban J connectivity index is 1.65. The lowest BCUT2D eigenvalue weighted by Gasteiger charge is -2.51. The Bertz CT molecular complexity index is 299. The molecule has 2 atom stereocenters. The zero-order chi connectivity index (χ0) is 12.8. The maximum Gasteiger partial charge on any atom is 0.0309 e. The van der Waals surface area contributed by atoms with E-state index in [4.69, 9.17) is 0 Å². The number of hydrogen-bond donors (Lipinski definition) is 1. The Morgan fingerprint density at radius 2 is 2.00 bits per heavy atom. The lowest BCUT2D eigenvalue weighted by Crippen LogP contribution is -2.64. The fraction of sp³-hybridized carbons (Fsp3) is 1.00. The van der Waals surface area contributed by atoms with Gasteiger partial charge in [0, 0.05) is 31.2 Å². The summed E-state index contributed by atoms with van der Waals surface area (Å²) in [6, 6.07) is 0.723. The summed E-state index contributed by atoms with van der Waals surface area (Å²) in [4.78, 5) is 2.80. The lowest BCUT2D eigenvalue weighted by molar-refractivity contribution is 0.00461. The normalized spacial score (nSPS) is 40.5. The number of rotatable bonds is 4. The first-order valence-electron chi connectivity index (χ1n) is 8.06. The fourth-order valence-corrected chi connectivity index (χ4v) is 4.08. The molecule has 1 N–H and O–H groups in total. The van der Waals surface area contributed by atoms with Crippen LogP contribution in [0.3, 0.4) is 0 Å². The van der Waals surface area contributed by atoms with Crippen molar-refractivity contribution in [2.75, 3.05) is 19.6 Å². The molecule has 2 unspecified atom stereocenters. The van der Waals surface area contributed by atoms with Crippen LogP contribution in [0.4, 0.5) is 0 Å². The molecule has 0 aromatic heterocycles. The molecule has 3 aliphatic rings. The summed E-state index contributed by atoms with van der Waals surface area (Å²) in [5.41, 5.74) is 1.08. The van der Waals surface area contributed by atoms with Crippen molar-refractivity contribution in [2.45, 2.75) is 70.9 Å². The van der Waals surface area contributed by atoms with Crippen molar-refractivity contribution in [3.05, 3.63) is 0 Å². The Kier molecular flexibility index (Phi) is 3.22. The van der Waals surface area contributed by atoms with E-state index >= 15 is 0 Å². The van der Waals surface area contributed by atoms with E-state index in [-0.39, 0.29) is 0 Å². The Labute approximate surface area is 113 Å². The Hall–Kier alpha value is -0.0800. The van der Waals surface area contributed by atoms with Crippen molar-refractivity contribution in [1.29, 1.82) is 0 Å². The molecule has 2 nitrogen and oxygen atoms in total. The molecule has 2 aliphatic carbocycles. The van der Waals surface area contributed by atoms with E-state index in [1.54, 1.807) is 0 Å². The number of hydrogen-bond acceptors (Lipinski definition) is 2. The first-order valence-corrected chi connectivity index (χ1v) is 8.06. The van der Waals surface area contributed by atoms with E-state index in [9.17, 15) is 0 Å². The van der Waals surface area contributed by atoms with E-state index in [0.717, 1.165) is 12.0 Å². The second kappa shape index (κ2) is 4.49. The quantitative estimate of drug-likeness (QED) is 0.825. The highest BCUT2D eigenvalue weighted by Crippen LogP contribution is 2.46. The van der Waals surface area contributed by atoms with E-state index in [2.05, 4.69) is 31.0 Å².